The fourth-order valence-corrected chi connectivity index (χ4v) is 1.67. The molecular weight excluding hydrogens is 268 g/mol. The summed E-state index contributed by atoms with van der Waals surface area (Å²) < 4.78 is 5.51. The Balaban J connectivity index is 2.35. The first kappa shape index (κ1) is 17.2. The molecule has 0 spiro atoms. The van der Waals surface area contributed by atoms with Crippen LogP contribution in [-0.2, 0) is 20.9 Å². The summed E-state index contributed by atoms with van der Waals surface area (Å²) in [6, 6.07) is 9.08. The molecule has 0 bridgehead atoms. The molecule has 0 aliphatic rings. The van der Waals surface area contributed by atoms with Crippen LogP contribution in [0.5, 0.6) is 0 Å². The lowest BCUT2D eigenvalue weighted by molar-refractivity contribution is -0.136. The molecule has 1 aromatic carbocycles. The van der Waals surface area contributed by atoms with E-state index in [4.69, 9.17) is 4.74 Å². The summed E-state index contributed by atoms with van der Waals surface area (Å²) in [5.41, 5.74) is 1.01. The predicted octanol–water partition coefficient (Wildman–Crippen LogP) is 1.62. The number of amides is 2. The van der Waals surface area contributed by atoms with Gasteiger partial charge in [0, 0.05) is 6.54 Å². The number of ether oxygens (including phenoxy) is 1. The summed E-state index contributed by atoms with van der Waals surface area (Å²) >= 11 is 0. The summed E-state index contributed by atoms with van der Waals surface area (Å²) in [6.45, 7) is 6.29. The number of benzene rings is 1. The lowest BCUT2D eigenvalue weighted by Crippen LogP contribution is -2.48. The van der Waals surface area contributed by atoms with Crippen LogP contribution >= 0.6 is 0 Å². The van der Waals surface area contributed by atoms with Gasteiger partial charge in [-0.15, -0.1) is 0 Å². The molecule has 2 atom stereocenters. The van der Waals surface area contributed by atoms with Crippen LogP contribution in [0, 0.1) is 0 Å². The third-order valence-electron chi connectivity index (χ3n) is 3.01. The van der Waals surface area contributed by atoms with Crippen molar-refractivity contribution in [1.82, 2.24) is 10.6 Å². The van der Waals surface area contributed by atoms with E-state index < -0.39 is 12.1 Å². The van der Waals surface area contributed by atoms with Crippen molar-refractivity contribution in [1.29, 1.82) is 0 Å². The molecular formula is C16H24N2O3. The second-order valence-electron chi connectivity index (χ2n) is 4.96. The van der Waals surface area contributed by atoms with Gasteiger partial charge in [0.2, 0.25) is 11.8 Å². The zero-order valence-electron chi connectivity index (χ0n) is 12.9. The minimum Gasteiger partial charge on any atom is -0.364 e. The molecule has 0 aliphatic heterocycles. The van der Waals surface area contributed by atoms with E-state index in [1.165, 1.54) is 0 Å². The Hall–Kier alpha value is -1.88. The average Bonchev–Trinajstić information content (AvgIpc) is 2.50. The van der Waals surface area contributed by atoms with Gasteiger partial charge in [0.1, 0.15) is 12.1 Å². The van der Waals surface area contributed by atoms with E-state index in [1.807, 2.05) is 37.3 Å². The molecule has 1 rings (SSSR count). The molecule has 0 aromatic heterocycles. The lowest BCUT2D eigenvalue weighted by Gasteiger charge is -2.17. The Morgan fingerprint density at radius 3 is 2.43 bits per heavy atom. The average molecular weight is 292 g/mol. The van der Waals surface area contributed by atoms with Gasteiger partial charge in [-0.05, 0) is 25.8 Å². The first-order valence-corrected chi connectivity index (χ1v) is 7.28. The minimum absolute atomic E-state index is 0.180. The Morgan fingerprint density at radius 1 is 1.14 bits per heavy atom. The highest BCUT2D eigenvalue weighted by atomic mass is 16.5. The van der Waals surface area contributed by atoms with Crippen LogP contribution in [0.15, 0.2) is 30.3 Å². The highest BCUT2D eigenvalue weighted by Crippen LogP contribution is 2.03. The Labute approximate surface area is 126 Å². The fourth-order valence-electron chi connectivity index (χ4n) is 1.67. The Morgan fingerprint density at radius 2 is 1.81 bits per heavy atom. The molecule has 0 heterocycles. The van der Waals surface area contributed by atoms with Gasteiger partial charge in [-0.25, -0.2) is 0 Å². The van der Waals surface area contributed by atoms with E-state index >= 15 is 0 Å². The van der Waals surface area contributed by atoms with Crippen LogP contribution in [0.2, 0.25) is 0 Å². The maximum absolute atomic E-state index is 11.9. The first-order valence-electron chi connectivity index (χ1n) is 7.28. The molecule has 2 N–H and O–H groups in total. The van der Waals surface area contributed by atoms with E-state index in [9.17, 15) is 9.59 Å². The number of rotatable bonds is 8. The van der Waals surface area contributed by atoms with Gasteiger partial charge >= 0.3 is 0 Å². The summed E-state index contributed by atoms with van der Waals surface area (Å²) in [7, 11) is 0. The lowest BCUT2D eigenvalue weighted by atomic mass is 10.2. The first-order chi connectivity index (χ1) is 10.0. The van der Waals surface area contributed by atoms with Crippen LogP contribution in [0.25, 0.3) is 0 Å². The van der Waals surface area contributed by atoms with Crippen molar-refractivity contribution < 1.29 is 14.3 Å². The van der Waals surface area contributed by atoms with E-state index in [0.29, 0.717) is 13.2 Å². The topological polar surface area (TPSA) is 67.4 Å². The number of hydrogen-bond acceptors (Lipinski definition) is 3. The highest BCUT2D eigenvalue weighted by Gasteiger charge is 2.19. The quantitative estimate of drug-likeness (QED) is 0.765. The number of carbonyl (C=O) groups excluding carboxylic acids is 2. The van der Waals surface area contributed by atoms with E-state index in [2.05, 4.69) is 10.6 Å². The van der Waals surface area contributed by atoms with Crippen LogP contribution in [0.1, 0.15) is 32.8 Å². The molecule has 0 saturated carbocycles. The van der Waals surface area contributed by atoms with Crippen molar-refractivity contribution in [2.45, 2.75) is 45.9 Å². The second-order valence-corrected chi connectivity index (χ2v) is 4.96. The third kappa shape index (κ3) is 6.40. The molecule has 0 unspecified atom stereocenters. The molecule has 5 heteroatoms. The molecule has 5 nitrogen and oxygen atoms in total. The number of carbonyl (C=O) groups is 2. The molecule has 0 fully saturated rings. The molecule has 116 valence electrons. The largest absolute Gasteiger partial charge is 0.364 e. The minimum atomic E-state index is -0.605. The third-order valence-corrected chi connectivity index (χ3v) is 3.01. The van der Waals surface area contributed by atoms with Crippen LogP contribution in [0.4, 0.5) is 0 Å². The van der Waals surface area contributed by atoms with Gasteiger partial charge in [0.15, 0.2) is 0 Å². The van der Waals surface area contributed by atoms with Crippen LogP contribution in [-0.4, -0.2) is 30.5 Å². The van der Waals surface area contributed by atoms with Gasteiger partial charge < -0.3 is 15.4 Å². The van der Waals surface area contributed by atoms with Crippen LogP contribution < -0.4 is 10.6 Å². The predicted molar refractivity (Wildman–Crippen MR) is 81.6 cm³/mol. The standard InChI is InChI=1S/C16H24N2O3/c1-4-10-17-15(19)12(2)18-16(20)13(3)21-11-14-8-6-5-7-9-14/h5-9,12-13H,4,10-11H2,1-3H3,(H,17,19)(H,18,20)/t12-,13+/m1/s1. The number of nitrogens with one attached hydrogen (secondary N) is 2. The Bertz CT molecular complexity index is 448. The van der Waals surface area contributed by atoms with E-state index in [-0.39, 0.29) is 11.8 Å². The summed E-state index contributed by atoms with van der Waals surface area (Å²) in [5, 5.41) is 5.39. The van der Waals surface area contributed by atoms with Crippen molar-refractivity contribution in [3.63, 3.8) is 0 Å². The molecule has 2 amide bonds. The summed E-state index contributed by atoms with van der Waals surface area (Å²) in [5.74, 6) is -0.467. The van der Waals surface area contributed by atoms with E-state index in [0.717, 1.165) is 12.0 Å². The molecule has 1 aromatic rings. The monoisotopic (exact) mass is 292 g/mol. The SMILES string of the molecule is CCCNC(=O)[C@@H](C)NC(=O)[C@H](C)OCc1ccccc1. The summed E-state index contributed by atoms with van der Waals surface area (Å²) in [4.78, 5) is 23.6. The molecule has 21 heavy (non-hydrogen) atoms. The van der Waals surface area contributed by atoms with Crippen molar-refractivity contribution >= 4 is 11.8 Å². The molecule has 0 saturated heterocycles. The number of hydrogen-bond donors (Lipinski definition) is 2. The van der Waals surface area contributed by atoms with Crippen molar-refractivity contribution in [3.8, 4) is 0 Å². The normalized spacial score (nSPS) is 13.3. The zero-order chi connectivity index (χ0) is 15.7. The van der Waals surface area contributed by atoms with E-state index in [1.54, 1.807) is 13.8 Å². The van der Waals surface area contributed by atoms with Crippen molar-refractivity contribution in [2.75, 3.05) is 6.54 Å². The second kappa shape index (κ2) is 9.13. The maximum atomic E-state index is 11.9. The Kier molecular flexibility index (Phi) is 7.46. The smallest absolute Gasteiger partial charge is 0.249 e. The summed E-state index contributed by atoms with van der Waals surface area (Å²) in [6.07, 6.45) is 0.259. The van der Waals surface area contributed by atoms with Gasteiger partial charge in [-0.3, -0.25) is 9.59 Å². The highest BCUT2D eigenvalue weighted by molar-refractivity contribution is 5.88. The van der Waals surface area contributed by atoms with Crippen molar-refractivity contribution in [2.24, 2.45) is 0 Å². The maximum Gasteiger partial charge on any atom is 0.249 e. The zero-order valence-corrected chi connectivity index (χ0v) is 12.9. The molecule has 0 radical (unpaired) electrons. The van der Waals surface area contributed by atoms with Gasteiger partial charge in [0.05, 0.1) is 6.61 Å². The van der Waals surface area contributed by atoms with Gasteiger partial charge in [-0.1, -0.05) is 37.3 Å². The molecule has 0 aliphatic carbocycles. The van der Waals surface area contributed by atoms with Crippen LogP contribution in [0.3, 0.4) is 0 Å². The van der Waals surface area contributed by atoms with Gasteiger partial charge in [0.25, 0.3) is 0 Å². The van der Waals surface area contributed by atoms with Gasteiger partial charge in [-0.2, -0.15) is 0 Å². The van der Waals surface area contributed by atoms with Crippen molar-refractivity contribution in [3.05, 3.63) is 35.9 Å². The fraction of sp³-hybridized carbons (Fsp3) is 0.500.